The van der Waals surface area contributed by atoms with E-state index in [9.17, 15) is 0 Å². The number of hydrogen-bond acceptors (Lipinski definition) is 4. The minimum atomic E-state index is 1.04. The van der Waals surface area contributed by atoms with E-state index in [2.05, 4.69) is 45.3 Å². The van der Waals surface area contributed by atoms with Crippen LogP contribution >= 0.6 is 0 Å². The molecule has 2 heterocycles. The van der Waals surface area contributed by atoms with E-state index in [4.69, 9.17) is 4.52 Å². The highest BCUT2D eigenvalue weighted by Crippen LogP contribution is 2.16. The van der Waals surface area contributed by atoms with Crippen molar-refractivity contribution in [1.82, 2.24) is 10.1 Å². The highest BCUT2D eigenvalue weighted by Gasteiger charge is 2.16. The predicted molar refractivity (Wildman–Crippen MR) is 123 cm³/mol. The van der Waals surface area contributed by atoms with Gasteiger partial charge in [-0.15, -0.1) is 0 Å². The van der Waals surface area contributed by atoms with Crippen molar-refractivity contribution in [3.63, 3.8) is 0 Å². The fourth-order valence-corrected chi connectivity index (χ4v) is 3.05. The number of rotatable bonds is 7. The van der Waals surface area contributed by atoms with Crippen LogP contribution in [0.25, 0.3) is 0 Å². The first-order valence-corrected chi connectivity index (χ1v) is 11.3. The smallest absolute Gasteiger partial charge is 0.124 e. The van der Waals surface area contributed by atoms with Crippen molar-refractivity contribution in [3.05, 3.63) is 48.4 Å². The summed E-state index contributed by atoms with van der Waals surface area (Å²) in [5.74, 6) is 0. The third-order valence-corrected chi connectivity index (χ3v) is 4.39. The van der Waals surface area contributed by atoms with Gasteiger partial charge in [0.05, 0.1) is 5.69 Å². The number of benzene rings is 1. The molecule has 0 spiro atoms. The van der Waals surface area contributed by atoms with Gasteiger partial charge in [0, 0.05) is 37.9 Å². The number of piperazine rings is 1. The maximum Gasteiger partial charge on any atom is 0.124 e. The van der Waals surface area contributed by atoms with Crippen molar-refractivity contribution in [1.29, 1.82) is 0 Å². The zero-order chi connectivity index (χ0) is 21.0. The SMILES string of the molecule is CC.CC.CC.c1ccc(N2CCN(CCCCCc3ccon3)CC2)cc1. The van der Waals surface area contributed by atoms with Gasteiger partial charge in [-0.25, -0.2) is 0 Å². The number of aryl methyl sites for hydroxylation is 1. The van der Waals surface area contributed by atoms with Gasteiger partial charge < -0.3 is 9.42 Å². The summed E-state index contributed by atoms with van der Waals surface area (Å²) in [6, 6.07) is 12.7. The summed E-state index contributed by atoms with van der Waals surface area (Å²) < 4.78 is 4.85. The summed E-state index contributed by atoms with van der Waals surface area (Å²) in [5, 5.41) is 3.95. The maximum atomic E-state index is 4.85. The number of aromatic nitrogens is 1. The molecule has 3 rings (SSSR count). The zero-order valence-electron chi connectivity index (χ0n) is 19.2. The van der Waals surface area contributed by atoms with Gasteiger partial charge in [-0.05, 0) is 37.9 Å². The van der Waals surface area contributed by atoms with Gasteiger partial charge in [-0.2, -0.15) is 0 Å². The Bertz CT molecular complexity index is 520. The van der Waals surface area contributed by atoms with Crippen LogP contribution in [0.4, 0.5) is 5.69 Å². The number of hydrogen-bond donors (Lipinski definition) is 0. The molecule has 1 aromatic heterocycles. The summed E-state index contributed by atoms with van der Waals surface area (Å²) in [5.41, 5.74) is 2.44. The number of anilines is 1. The molecule has 0 bridgehead atoms. The number of nitrogens with zero attached hydrogens (tertiary/aromatic N) is 3. The summed E-state index contributed by atoms with van der Waals surface area (Å²) in [4.78, 5) is 5.08. The normalized spacial score (nSPS) is 13.3. The van der Waals surface area contributed by atoms with Crippen LogP contribution in [-0.4, -0.2) is 42.8 Å². The fraction of sp³-hybridized carbons (Fsp3) is 0.625. The molecule has 160 valence electrons. The van der Waals surface area contributed by atoms with Crippen LogP contribution in [0.5, 0.6) is 0 Å². The Morgan fingerprint density at radius 3 is 2.00 bits per heavy atom. The zero-order valence-corrected chi connectivity index (χ0v) is 19.2. The average Bonchev–Trinajstić information content (AvgIpc) is 3.32. The van der Waals surface area contributed by atoms with E-state index in [0.717, 1.165) is 25.2 Å². The Hall–Kier alpha value is -1.81. The van der Waals surface area contributed by atoms with Crippen LogP contribution in [-0.2, 0) is 6.42 Å². The largest absolute Gasteiger partial charge is 0.369 e. The van der Waals surface area contributed by atoms with Crippen LogP contribution in [0, 0.1) is 0 Å². The molecule has 0 amide bonds. The van der Waals surface area contributed by atoms with E-state index in [0.29, 0.717) is 0 Å². The van der Waals surface area contributed by atoms with Gasteiger partial charge in [0.2, 0.25) is 0 Å². The van der Waals surface area contributed by atoms with Crippen LogP contribution < -0.4 is 4.90 Å². The Morgan fingerprint density at radius 1 is 0.786 bits per heavy atom. The molecule has 0 radical (unpaired) electrons. The van der Waals surface area contributed by atoms with Gasteiger partial charge in [-0.3, -0.25) is 4.90 Å². The lowest BCUT2D eigenvalue weighted by molar-refractivity contribution is 0.252. The first-order chi connectivity index (χ1) is 13.9. The van der Waals surface area contributed by atoms with Crippen LogP contribution in [0.2, 0.25) is 0 Å². The molecule has 2 aromatic rings. The Morgan fingerprint density at radius 2 is 1.43 bits per heavy atom. The maximum absolute atomic E-state index is 4.85. The molecule has 0 saturated carbocycles. The second-order valence-corrected chi connectivity index (χ2v) is 5.97. The van der Waals surface area contributed by atoms with Crippen LogP contribution in [0.15, 0.2) is 47.2 Å². The highest BCUT2D eigenvalue weighted by atomic mass is 16.5. The molecule has 1 fully saturated rings. The molecule has 4 heteroatoms. The average molecular weight is 390 g/mol. The van der Waals surface area contributed by atoms with E-state index < -0.39 is 0 Å². The molecule has 0 aliphatic carbocycles. The summed E-state index contributed by atoms with van der Waals surface area (Å²) in [6.45, 7) is 17.9. The van der Waals surface area contributed by atoms with Gasteiger partial charge in [0.15, 0.2) is 0 Å². The summed E-state index contributed by atoms with van der Waals surface area (Å²) in [6.07, 6.45) is 6.45. The molecule has 4 nitrogen and oxygen atoms in total. The molecular formula is C24H43N3O. The predicted octanol–water partition coefficient (Wildman–Crippen LogP) is 6.29. The number of unbranched alkanes of at least 4 members (excludes halogenated alkanes) is 2. The molecule has 0 unspecified atom stereocenters. The van der Waals surface area contributed by atoms with Crippen LogP contribution in [0.3, 0.4) is 0 Å². The standard InChI is InChI=1S/C18H25N3O.3C2H6/c1-4-8-18(9-5-1)21-14-12-20(13-15-21)11-6-2-3-7-17-10-16-22-19-17;3*1-2/h1,4-5,8-10,16H,2-3,6-7,11-15H2;3*1-2H3. The van der Waals surface area contributed by atoms with Crippen molar-refractivity contribution in [3.8, 4) is 0 Å². The molecule has 1 aromatic carbocycles. The van der Waals surface area contributed by atoms with E-state index in [1.165, 1.54) is 44.6 Å². The number of para-hydroxylation sites is 1. The molecule has 1 saturated heterocycles. The molecular weight excluding hydrogens is 346 g/mol. The Labute approximate surface area is 173 Å². The first-order valence-electron chi connectivity index (χ1n) is 11.3. The molecule has 0 atom stereocenters. The third kappa shape index (κ3) is 10.5. The fourth-order valence-electron chi connectivity index (χ4n) is 3.05. The van der Waals surface area contributed by atoms with Crippen molar-refractivity contribution >= 4 is 5.69 Å². The monoisotopic (exact) mass is 389 g/mol. The molecule has 1 aliphatic heterocycles. The molecule has 0 N–H and O–H groups in total. The second kappa shape index (κ2) is 18.5. The topological polar surface area (TPSA) is 32.5 Å². The van der Waals surface area contributed by atoms with Crippen molar-refractivity contribution in [2.24, 2.45) is 0 Å². The quantitative estimate of drug-likeness (QED) is 0.521. The lowest BCUT2D eigenvalue weighted by Gasteiger charge is -2.36. The van der Waals surface area contributed by atoms with Gasteiger partial charge in [0.25, 0.3) is 0 Å². The van der Waals surface area contributed by atoms with E-state index in [-0.39, 0.29) is 0 Å². The second-order valence-electron chi connectivity index (χ2n) is 5.97. The van der Waals surface area contributed by atoms with Gasteiger partial charge >= 0.3 is 0 Å². The molecule has 28 heavy (non-hydrogen) atoms. The first kappa shape index (κ1) is 26.2. The third-order valence-electron chi connectivity index (χ3n) is 4.39. The van der Waals surface area contributed by atoms with E-state index >= 15 is 0 Å². The summed E-state index contributed by atoms with van der Waals surface area (Å²) >= 11 is 0. The van der Waals surface area contributed by atoms with E-state index in [1.54, 1.807) is 6.26 Å². The van der Waals surface area contributed by atoms with Crippen LogP contribution in [0.1, 0.15) is 66.5 Å². The van der Waals surface area contributed by atoms with Crippen molar-refractivity contribution < 1.29 is 4.52 Å². The highest BCUT2D eigenvalue weighted by molar-refractivity contribution is 5.46. The Balaban J connectivity index is 0.00000111. The van der Waals surface area contributed by atoms with Gasteiger partial charge in [-0.1, -0.05) is 71.3 Å². The van der Waals surface area contributed by atoms with Gasteiger partial charge in [0.1, 0.15) is 6.26 Å². The lowest BCUT2D eigenvalue weighted by atomic mass is 10.1. The lowest BCUT2D eigenvalue weighted by Crippen LogP contribution is -2.46. The van der Waals surface area contributed by atoms with Crippen molar-refractivity contribution in [2.75, 3.05) is 37.6 Å². The van der Waals surface area contributed by atoms with Crippen molar-refractivity contribution in [2.45, 2.75) is 67.2 Å². The molecule has 1 aliphatic rings. The summed E-state index contributed by atoms with van der Waals surface area (Å²) in [7, 11) is 0. The minimum Gasteiger partial charge on any atom is -0.369 e. The Kier molecular flexibility index (Phi) is 17.3. The minimum absolute atomic E-state index is 1.04. The van der Waals surface area contributed by atoms with E-state index in [1.807, 2.05) is 47.6 Å².